The van der Waals surface area contributed by atoms with Crippen LogP contribution in [0.25, 0.3) is 6.08 Å². The van der Waals surface area contributed by atoms with Gasteiger partial charge >= 0.3 is 6.03 Å². The van der Waals surface area contributed by atoms with E-state index in [0.29, 0.717) is 0 Å². The van der Waals surface area contributed by atoms with Gasteiger partial charge in [0.15, 0.2) is 0 Å². The lowest BCUT2D eigenvalue weighted by Crippen LogP contribution is -2.23. The number of anilines is 1. The maximum atomic E-state index is 11.7. The molecule has 0 saturated carbocycles. The standard InChI is InChI=1S/C15H13BrN2O4S/c16-12-6-4-11(5-7-12)8-9-17-15(19)18-13-2-1-3-14(10-13)23(20,21)22/h1-10H,(H2,17,18,19)(H,20,21,22)/b9-8+. The number of benzene rings is 2. The Hall–Kier alpha value is -2.16. The molecule has 6 nitrogen and oxygen atoms in total. The zero-order valence-corrected chi connectivity index (χ0v) is 14.1. The Kier molecular flexibility index (Phi) is 5.54. The maximum Gasteiger partial charge on any atom is 0.323 e. The monoisotopic (exact) mass is 396 g/mol. The average molecular weight is 397 g/mol. The predicted octanol–water partition coefficient (Wildman–Crippen LogP) is 3.49. The number of halogens is 1. The SMILES string of the molecule is O=C(N/C=C/c1ccc(Br)cc1)Nc1cccc(S(=O)(=O)O)c1. The Bertz CT molecular complexity index is 833. The number of amides is 2. The van der Waals surface area contributed by atoms with E-state index in [1.165, 1.54) is 24.4 Å². The lowest BCUT2D eigenvalue weighted by atomic mass is 10.2. The van der Waals surface area contributed by atoms with Crippen LogP contribution in [0.1, 0.15) is 5.56 Å². The van der Waals surface area contributed by atoms with E-state index in [0.717, 1.165) is 16.1 Å². The Balaban J connectivity index is 1.96. The van der Waals surface area contributed by atoms with Crippen LogP contribution in [0.15, 0.2) is 64.1 Å². The summed E-state index contributed by atoms with van der Waals surface area (Å²) in [4.78, 5) is 11.4. The minimum absolute atomic E-state index is 0.245. The van der Waals surface area contributed by atoms with Gasteiger partial charge in [-0.15, -0.1) is 0 Å². The second-order valence-electron chi connectivity index (χ2n) is 4.49. The van der Waals surface area contributed by atoms with Crippen molar-refractivity contribution in [1.82, 2.24) is 5.32 Å². The molecule has 2 rings (SSSR count). The van der Waals surface area contributed by atoms with Crippen LogP contribution in [-0.4, -0.2) is 19.0 Å². The molecule has 120 valence electrons. The molecule has 0 bridgehead atoms. The van der Waals surface area contributed by atoms with E-state index in [1.807, 2.05) is 24.3 Å². The van der Waals surface area contributed by atoms with Gasteiger partial charge in [0, 0.05) is 16.4 Å². The van der Waals surface area contributed by atoms with Gasteiger partial charge in [-0.25, -0.2) is 4.79 Å². The summed E-state index contributed by atoms with van der Waals surface area (Å²) in [5.74, 6) is 0. The number of rotatable bonds is 4. The summed E-state index contributed by atoms with van der Waals surface area (Å²) >= 11 is 3.33. The van der Waals surface area contributed by atoms with Crippen molar-refractivity contribution in [2.75, 3.05) is 5.32 Å². The minimum Gasteiger partial charge on any atom is -0.314 e. The van der Waals surface area contributed by atoms with Crippen LogP contribution in [0.5, 0.6) is 0 Å². The van der Waals surface area contributed by atoms with Crippen molar-refractivity contribution >= 4 is 43.8 Å². The number of nitrogens with one attached hydrogen (secondary N) is 2. The van der Waals surface area contributed by atoms with E-state index < -0.39 is 16.1 Å². The minimum atomic E-state index is -4.31. The van der Waals surface area contributed by atoms with Crippen LogP contribution in [0.4, 0.5) is 10.5 Å². The molecule has 0 unspecified atom stereocenters. The van der Waals surface area contributed by atoms with E-state index in [-0.39, 0.29) is 10.6 Å². The van der Waals surface area contributed by atoms with Crippen molar-refractivity contribution in [2.24, 2.45) is 0 Å². The molecule has 0 atom stereocenters. The van der Waals surface area contributed by atoms with Gasteiger partial charge in [-0.3, -0.25) is 4.55 Å². The van der Waals surface area contributed by atoms with Gasteiger partial charge in [-0.1, -0.05) is 34.1 Å². The molecule has 0 aliphatic rings. The predicted molar refractivity (Wildman–Crippen MR) is 91.6 cm³/mol. The Morgan fingerprint density at radius 1 is 1.13 bits per heavy atom. The van der Waals surface area contributed by atoms with E-state index in [1.54, 1.807) is 6.08 Å². The summed E-state index contributed by atoms with van der Waals surface area (Å²) in [6, 6.07) is 12.3. The van der Waals surface area contributed by atoms with Gasteiger partial charge in [0.25, 0.3) is 10.1 Å². The quantitative estimate of drug-likeness (QED) is 0.689. The third-order valence-corrected chi connectivity index (χ3v) is 4.13. The first-order chi connectivity index (χ1) is 10.8. The van der Waals surface area contributed by atoms with Gasteiger partial charge in [0.1, 0.15) is 0 Å². The fourth-order valence-corrected chi connectivity index (χ4v) is 2.48. The summed E-state index contributed by atoms with van der Waals surface area (Å²) in [6.45, 7) is 0. The molecule has 8 heteroatoms. The molecule has 0 spiro atoms. The first-order valence-electron chi connectivity index (χ1n) is 6.42. The second-order valence-corrected chi connectivity index (χ2v) is 6.82. The molecule has 3 N–H and O–H groups in total. The first kappa shape index (κ1) is 17.2. The molecule has 23 heavy (non-hydrogen) atoms. The van der Waals surface area contributed by atoms with Crippen LogP contribution in [-0.2, 0) is 10.1 Å². The second kappa shape index (κ2) is 7.40. The molecule has 2 aromatic carbocycles. The molecular formula is C15H13BrN2O4S. The Labute approximate surface area is 142 Å². The molecule has 0 saturated heterocycles. The molecule has 2 aromatic rings. The van der Waals surface area contributed by atoms with Crippen molar-refractivity contribution in [1.29, 1.82) is 0 Å². The molecule has 0 aliphatic carbocycles. The molecule has 0 radical (unpaired) electrons. The molecule has 0 fully saturated rings. The average Bonchev–Trinajstić information content (AvgIpc) is 2.49. The van der Waals surface area contributed by atoms with Crippen molar-refractivity contribution in [2.45, 2.75) is 4.90 Å². The lowest BCUT2D eigenvalue weighted by Gasteiger charge is -2.05. The molecule has 0 heterocycles. The van der Waals surface area contributed by atoms with Crippen LogP contribution in [0, 0.1) is 0 Å². The van der Waals surface area contributed by atoms with Gasteiger partial charge in [-0.05, 0) is 42.0 Å². The Morgan fingerprint density at radius 3 is 2.48 bits per heavy atom. The molecule has 2 amide bonds. The first-order valence-corrected chi connectivity index (χ1v) is 8.65. The fourth-order valence-electron chi connectivity index (χ4n) is 1.69. The number of urea groups is 1. The molecule has 0 aromatic heterocycles. The number of hydrogen-bond acceptors (Lipinski definition) is 3. The zero-order chi connectivity index (χ0) is 16.9. The van der Waals surface area contributed by atoms with Gasteiger partial charge < -0.3 is 10.6 Å². The molecule has 0 aliphatic heterocycles. The summed E-state index contributed by atoms with van der Waals surface area (Å²) in [5, 5.41) is 4.96. The highest BCUT2D eigenvalue weighted by molar-refractivity contribution is 9.10. The van der Waals surface area contributed by atoms with Gasteiger partial charge in [-0.2, -0.15) is 8.42 Å². The third kappa shape index (κ3) is 5.51. The van der Waals surface area contributed by atoms with Crippen molar-refractivity contribution < 1.29 is 17.8 Å². The largest absolute Gasteiger partial charge is 0.323 e. The topological polar surface area (TPSA) is 95.5 Å². The number of carbonyl (C=O) groups excluding carboxylic acids is 1. The van der Waals surface area contributed by atoms with Crippen molar-refractivity contribution in [3.8, 4) is 0 Å². The lowest BCUT2D eigenvalue weighted by molar-refractivity contribution is 0.255. The highest BCUT2D eigenvalue weighted by Gasteiger charge is 2.10. The molecular weight excluding hydrogens is 384 g/mol. The summed E-state index contributed by atoms with van der Waals surface area (Å²) in [6.07, 6.45) is 3.17. The van der Waals surface area contributed by atoms with Crippen LogP contribution < -0.4 is 10.6 Å². The maximum absolute atomic E-state index is 11.7. The van der Waals surface area contributed by atoms with Gasteiger partial charge in [0.05, 0.1) is 4.90 Å². The van der Waals surface area contributed by atoms with E-state index in [9.17, 15) is 13.2 Å². The number of carbonyl (C=O) groups is 1. The summed E-state index contributed by atoms with van der Waals surface area (Å²) < 4.78 is 32.0. The third-order valence-electron chi connectivity index (χ3n) is 2.75. The number of hydrogen-bond donors (Lipinski definition) is 3. The zero-order valence-electron chi connectivity index (χ0n) is 11.7. The van der Waals surface area contributed by atoms with E-state index in [2.05, 4.69) is 26.6 Å². The fraction of sp³-hybridized carbons (Fsp3) is 0. The Morgan fingerprint density at radius 2 is 1.83 bits per heavy atom. The van der Waals surface area contributed by atoms with Crippen molar-refractivity contribution in [3.05, 3.63) is 64.8 Å². The smallest absolute Gasteiger partial charge is 0.314 e. The van der Waals surface area contributed by atoms with E-state index >= 15 is 0 Å². The van der Waals surface area contributed by atoms with Crippen LogP contribution in [0.3, 0.4) is 0 Å². The van der Waals surface area contributed by atoms with Crippen LogP contribution in [0.2, 0.25) is 0 Å². The van der Waals surface area contributed by atoms with Gasteiger partial charge in [0.2, 0.25) is 0 Å². The highest BCUT2D eigenvalue weighted by atomic mass is 79.9. The van der Waals surface area contributed by atoms with Crippen LogP contribution >= 0.6 is 15.9 Å². The normalized spacial score (nSPS) is 11.4. The highest BCUT2D eigenvalue weighted by Crippen LogP contribution is 2.15. The van der Waals surface area contributed by atoms with Crippen molar-refractivity contribution in [3.63, 3.8) is 0 Å². The summed E-state index contributed by atoms with van der Waals surface area (Å²) in [7, 11) is -4.31. The summed E-state index contributed by atoms with van der Waals surface area (Å²) in [5.41, 5.74) is 1.15. The van der Waals surface area contributed by atoms with E-state index in [4.69, 9.17) is 4.55 Å².